The number of rotatable bonds is 2. The van der Waals surface area contributed by atoms with E-state index in [1.807, 2.05) is 18.4 Å². The van der Waals surface area contributed by atoms with Crippen LogP contribution in [0, 0.1) is 6.92 Å². The predicted molar refractivity (Wildman–Crippen MR) is 61.8 cm³/mol. The largest absolute Gasteiger partial charge is 0.422 e. The molecule has 3 nitrogen and oxygen atoms in total. The molecule has 5 heteroatoms. The zero-order valence-electron chi connectivity index (χ0n) is 7.80. The number of aromatic nitrogens is 1. The third-order valence-corrected chi connectivity index (χ3v) is 3.49. The van der Waals surface area contributed by atoms with Gasteiger partial charge in [0.15, 0.2) is 5.76 Å². The molecule has 0 spiro atoms. The van der Waals surface area contributed by atoms with Crippen molar-refractivity contribution in [3.63, 3.8) is 0 Å². The van der Waals surface area contributed by atoms with Gasteiger partial charge in [0.2, 0.25) is 0 Å². The summed E-state index contributed by atoms with van der Waals surface area (Å²) in [7, 11) is 1.79. The standard InChI is InChI=1S/C9H9BrN2OS/c1-5-8(13-9(11-2)12-5)7-3-6(10)4-14-7/h3-4H,1-2H3,(H,11,12). The van der Waals surface area contributed by atoms with Gasteiger partial charge in [-0.1, -0.05) is 0 Å². The molecular formula is C9H9BrN2OS. The number of aryl methyl sites for hydroxylation is 1. The summed E-state index contributed by atoms with van der Waals surface area (Å²) >= 11 is 5.04. The second-order valence-corrected chi connectivity index (χ2v) is 4.64. The first kappa shape index (κ1) is 9.73. The highest BCUT2D eigenvalue weighted by Gasteiger charge is 2.12. The second kappa shape index (κ2) is 3.74. The van der Waals surface area contributed by atoms with E-state index in [9.17, 15) is 0 Å². The molecule has 0 atom stereocenters. The molecule has 2 rings (SSSR count). The lowest BCUT2D eigenvalue weighted by Crippen LogP contribution is -1.85. The summed E-state index contributed by atoms with van der Waals surface area (Å²) in [6.45, 7) is 1.94. The zero-order chi connectivity index (χ0) is 10.1. The number of thiophene rings is 1. The van der Waals surface area contributed by atoms with Crippen molar-refractivity contribution in [3.8, 4) is 10.6 Å². The summed E-state index contributed by atoms with van der Waals surface area (Å²) in [5.74, 6) is 0.838. The summed E-state index contributed by atoms with van der Waals surface area (Å²) in [5.41, 5.74) is 0.906. The zero-order valence-corrected chi connectivity index (χ0v) is 10.2. The van der Waals surface area contributed by atoms with Crippen LogP contribution < -0.4 is 5.32 Å². The molecule has 2 aromatic heterocycles. The summed E-state index contributed by atoms with van der Waals surface area (Å²) in [6, 6.07) is 2.58. The van der Waals surface area contributed by atoms with Gasteiger partial charge in [0.25, 0.3) is 6.01 Å². The van der Waals surface area contributed by atoms with Crippen molar-refractivity contribution in [2.45, 2.75) is 6.92 Å². The average Bonchev–Trinajstić information content (AvgIpc) is 2.71. The average molecular weight is 273 g/mol. The van der Waals surface area contributed by atoms with Crippen LogP contribution in [0.3, 0.4) is 0 Å². The Bertz CT molecular complexity index is 449. The predicted octanol–water partition coefficient (Wildman–Crippen LogP) is 3.52. The molecule has 0 amide bonds. The van der Waals surface area contributed by atoms with E-state index in [4.69, 9.17) is 4.42 Å². The van der Waals surface area contributed by atoms with E-state index in [1.54, 1.807) is 18.4 Å². The second-order valence-electron chi connectivity index (χ2n) is 2.81. The fourth-order valence-corrected chi connectivity index (χ4v) is 2.62. The van der Waals surface area contributed by atoms with E-state index >= 15 is 0 Å². The summed E-state index contributed by atoms with van der Waals surface area (Å²) < 4.78 is 6.60. The van der Waals surface area contributed by atoms with Gasteiger partial charge in [-0.25, -0.2) is 0 Å². The molecule has 0 fully saturated rings. The third-order valence-electron chi connectivity index (χ3n) is 1.80. The molecule has 74 valence electrons. The van der Waals surface area contributed by atoms with E-state index in [0.717, 1.165) is 20.8 Å². The van der Waals surface area contributed by atoms with Crippen LogP contribution in [0.2, 0.25) is 0 Å². The smallest absolute Gasteiger partial charge is 0.295 e. The Morgan fingerprint density at radius 2 is 2.36 bits per heavy atom. The van der Waals surface area contributed by atoms with Crippen molar-refractivity contribution >= 4 is 33.3 Å². The first-order valence-corrected chi connectivity index (χ1v) is 5.77. The van der Waals surface area contributed by atoms with Gasteiger partial charge in [-0.15, -0.1) is 11.3 Å². The molecule has 0 radical (unpaired) electrons. The highest BCUT2D eigenvalue weighted by atomic mass is 79.9. The lowest BCUT2D eigenvalue weighted by Gasteiger charge is -1.90. The van der Waals surface area contributed by atoms with Crippen LogP contribution in [-0.4, -0.2) is 12.0 Å². The molecule has 2 heterocycles. The molecule has 0 unspecified atom stereocenters. The van der Waals surface area contributed by atoms with Gasteiger partial charge in [-0.2, -0.15) is 4.98 Å². The minimum absolute atomic E-state index is 0.557. The van der Waals surface area contributed by atoms with Crippen LogP contribution in [0.1, 0.15) is 5.69 Å². The highest BCUT2D eigenvalue weighted by Crippen LogP contribution is 2.33. The van der Waals surface area contributed by atoms with Crippen LogP contribution in [0.15, 0.2) is 20.3 Å². The van der Waals surface area contributed by atoms with Gasteiger partial charge in [-0.3, -0.25) is 0 Å². The lowest BCUT2D eigenvalue weighted by atomic mass is 10.3. The minimum atomic E-state index is 0.557. The van der Waals surface area contributed by atoms with E-state index < -0.39 is 0 Å². The Morgan fingerprint density at radius 3 is 2.86 bits per heavy atom. The Balaban J connectivity index is 2.45. The van der Waals surface area contributed by atoms with Gasteiger partial charge in [0.1, 0.15) is 0 Å². The van der Waals surface area contributed by atoms with Gasteiger partial charge < -0.3 is 9.73 Å². The fraction of sp³-hybridized carbons (Fsp3) is 0.222. The number of hydrogen-bond acceptors (Lipinski definition) is 4. The summed E-state index contributed by atoms with van der Waals surface area (Å²) in [6.07, 6.45) is 0. The van der Waals surface area contributed by atoms with Crippen molar-refractivity contribution in [3.05, 3.63) is 21.6 Å². The number of nitrogens with zero attached hydrogens (tertiary/aromatic N) is 1. The van der Waals surface area contributed by atoms with Crippen LogP contribution in [0.4, 0.5) is 6.01 Å². The molecular weight excluding hydrogens is 264 g/mol. The van der Waals surface area contributed by atoms with Crippen molar-refractivity contribution in [2.75, 3.05) is 12.4 Å². The Labute approximate surface area is 94.3 Å². The molecule has 2 aromatic rings. The number of nitrogens with one attached hydrogen (secondary N) is 1. The van der Waals surface area contributed by atoms with E-state index in [1.165, 1.54) is 0 Å². The molecule has 0 aliphatic carbocycles. The van der Waals surface area contributed by atoms with E-state index in [2.05, 4.69) is 26.2 Å². The minimum Gasteiger partial charge on any atom is -0.422 e. The molecule has 0 saturated carbocycles. The SMILES string of the molecule is CNc1nc(C)c(-c2cc(Br)cs2)o1. The number of oxazole rings is 1. The number of hydrogen-bond donors (Lipinski definition) is 1. The quantitative estimate of drug-likeness (QED) is 0.909. The van der Waals surface area contributed by atoms with E-state index in [0.29, 0.717) is 6.01 Å². The molecule has 1 N–H and O–H groups in total. The van der Waals surface area contributed by atoms with Crippen LogP contribution in [0.5, 0.6) is 0 Å². The third kappa shape index (κ3) is 1.69. The van der Waals surface area contributed by atoms with Gasteiger partial charge in [0.05, 0.1) is 10.6 Å². The van der Waals surface area contributed by atoms with Gasteiger partial charge >= 0.3 is 0 Å². The van der Waals surface area contributed by atoms with Crippen molar-refractivity contribution in [2.24, 2.45) is 0 Å². The number of halogens is 1. The van der Waals surface area contributed by atoms with E-state index in [-0.39, 0.29) is 0 Å². The normalized spacial score (nSPS) is 10.5. The Hall–Kier alpha value is -0.810. The fourth-order valence-electron chi connectivity index (χ4n) is 1.16. The molecule has 14 heavy (non-hydrogen) atoms. The van der Waals surface area contributed by atoms with Gasteiger partial charge in [0, 0.05) is 16.9 Å². The van der Waals surface area contributed by atoms with Crippen molar-refractivity contribution in [1.82, 2.24) is 4.98 Å². The Kier molecular flexibility index (Phi) is 2.60. The first-order valence-electron chi connectivity index (χ1n) is 4.10. The maximum atomic E-state index is 5.53. The summed E-state index contributed by atoms with van der Waals surface area (Å²) in [5, 5.41) is 4.90. The maximum Gasteiger partial charge on any atom is 0.295 e. The van der Waals surface area contributed by atoms with Crippen LogP contribution in [0.25, 0.3) is 10.6 Å². The Morgan fingerprint density at radius 1 is 1.57 bits per heavy atom. The highest BCUT2D eigenvalue weighted by molar-refractivity contribution is 9.10. The van der Waals surface area contributed by atoms with Crippen molar-refractivity contribution in [1.29, 1.82) is 0 Å². The molecule has 0 bridgehead atoms. The lowest BCUT2D eigenvalue weighted by molar-refractivity contribution is 0.590. The topological polar surface area (TPSA) is 38.1 Å². The van der Waals surface area contributed by atoms with Crippen molar-refractivity contribution < 1.29 is 4.42 Å². The molecule has 0 aliphatic rings. The van der Waals surface area contributed by atoms with Crippen LogP contribution >= 0.6 is 27.3 Å². The molecule has 0 saturated heterocycles. The molecule has 0 aromatic carbocycles. The number of anilines is 1. The first-order chi connectivity index (χ1) is 6.70. The molecule has 0 aliphatic heterocycles. The van der Waals surface area contributed by atoms with Crippen LogP contribution in [-0.2, 0) is 0 Å². The summed E-state index contributed by atoms with van der Waals surface area (Å²) in [4.78, 5) is 5.31. The maximum absolute atomic E-state index is 5.53. The van der Waals surface area contributed by atoms with Gasteiger partial charge in [-0.05, 0) is 28.9 Å². The monoisotopic (exact) mass is 272 g/mol.